The molecule has 3 aromatic rings. The number of hydrogen-bond donors (Lipinski definition) is 0. The molecule has 1 aliphatic heterocycles. The van der Waals surface area contributed by atoms with E-state index in [2.05, 4.69) is 44.6 Å². The first-order valence-corrected chi connectivity index (χ1v) is 11.1. The summed E-state index contributed by atoms with van der Waals surface area (Å²) in [6.07, 6.45) is 10.8. The lowest BCUT2D eigenvalue weighted by Gasteiger charge is -2.35. The third-order valence-corrected chi connectivity index (χ3v) is 6.83. The molecule has 2 fully saturated rings. The fourth-order valence-electron chi connectivity index (χ4n) is 5.31. The molecule has 30 heavy (non-hydrogen) atoms. The van der Waals surface area contributed by atoms with Crippen molar-refractivity contribution in [3.63, 3.8) is 0 Å². The normalized spacial score (nSPS) is 21.6. The van der Waals surface area contributed by atoms with Crippen LogP contribution in [0.2, 0.25) is 0 Å². The number of carbonyl (C=O) groups is 1. The first-order chi connectivity index (χ1) is 14.8. The molecule has 1 atom stereocenters. The van der Waals surface area contributed by atoms with Crippen LogP contribution in [-0.2, 0) is 21.4 Å². The Labute approximate surface area is 177 Å². The molecule has 2 aromatic heterocycles. The Morgan fingerprint density at radius 1 is 1.10 bits per heavy atom. The number of nitrogens with zero attached hydrogens (tertiary/aromatic N) is 3. The van der Waals surface area contributed by atoms with Gasteiger partial charge in [0.15, 0.2) is 0 Å². The Bertz CT molecular complexity index is 1010. The average Bonchev–Trinajstić information content (AvgIpc) is 3.41. The molecule has 5 nitrogen and oxygen atoms in total. The lowest BCUT2D eigenvalue weighted by Crippen LogP contribution is -2.47. The maximum Gasteiger partial charge on any atom is 0.233 e. The van der Waals surface area contributed by atoms with Crippen LogP contribution in [0.1, 0.15) is 36.9 Å². The fraction of sp³-hybridized carbons (Fsp3) is 0.440. The van der Waals surface area contributed by atoms with E-state index in [4.69, 9.17) is 4.74 Å². The quantitative estimate of drug-likeness (QED) is 0.665. The highest BCUT2D eigenvalue weighted by molar-refractivity contribution is 5.88. The van der Waals surface area contributed by atoms with Crippen LogP contribution in [0.4, 0.5) is 0 Å². The Morgan fingerprint density at radius 2 is 1.93 bits per heavy atom. The smallest absolute Gasteiger partial charge is 0.233 e. The summed E-state index contributed by atoms with van der Waals surface area (Å²) in [5.41, 5.74) is 3.02. The number of fused-ring (bicyclic) bond motifs is 1. The van der Waals surface area contributed by atoms with Crippen LogP contribution in [0.15, 0.2) is 61.1 Å². The van der Waals surface area contributed by atoms with Crippen molar-refractivity contribution < 1.29 is 9.53 Å². The largest absolute Gasteiger partial charge is 0.379 e. The maximum absolute atomic E-state index is 13.9. The number of benzene rings is 1. The van der Waals surface area contributed by atoms with E-state index in [0.717, 1.165) is 49.9 Å². The molecule has 0 bridgehead atoms. The summed E-state index contributed by atoms with van der Waals surface area (Å²) in [4.78, 5) is 20.6. The highest BCUT2D eigenvalue weighted by atomic mass is 16.5. The standard InChI is InChI=1S/C25H29N3O2/c29-24(25(10-4-5-11-25)21-7-2-1-3-8-21)28-15-16-30-19-20(18-28)17-22-23-9-6-13-27(23)14-12-26-22/h1-3,6-9,12-14,20H,4-5,10-11,15-19H2. The lowest BCUT2D eigenvalue weighted by molar-refractivity contribution is -0.137. The van der Waals surface area contributed by atoms with Crippen molar-refractivity contribution in [3.05, 3.63) is 72.3 Å². The molecule has 0 N–H and O–H groups in total. The topological polar surface area (TPSA) is 46.8 Å². The number of ether oxygens (including phenoxy) is 1. The van der Waals surface area contributed by atoms with Gasteiger partial charge in [0.2, 0.25) is 5.91 Å². The number of carbonyl (C=O) groups excluding carboxylic acids is 1. The van der Waals surface area contributed by atoms with Gasteiger partial charge in [-0.3, -0.25) is 9.78 Å². The molecule has 1 unspecified atom stereocenters. The second-order valence-corrected chi connectivity index (χ2v) is 8.73. The second kappa shape index (κ2) is 8.23. The number of amides is 1. The summed E-state index contributed by atoms with van der Waals surface area (Å²) >= 11 is 0. The van der Waals surface area contributed by atoms with E-state index >= 15 is 0 Å². The van der Waals surface area contributed by atoms with E-state index in [1.54, 1.807) is 0 Å². The van der Waals surface area contributed by atoms with E-state index in [-0.39, 0.29) is 17.2 Å². The second-order valence-electron chi connectivity index (χ2n) is 8.73. The van der Waals surface area contributed by atoms with Gasteiger partial charge in [-0.15, -0.1) is 0 Å². The van der Waals surface area contributed by atoms with E-state index < -0.39 is 0 Å². The SMILES string of the molecule is O=C(N1CCOCC(Cc2nccn3cccc23)C1)C1(c2ccccc2)CCCC1. The van der Waals surface area contributed by atoms with Crippen molar-refractivity contribution in [2.75, 3.05) is 26.3 Å². The lowest BCUT2D eigenvalue weighted by atomic mass is 9.77. The van der Waals surface area contributed by atoms with Gasteiger partial charge >= 0.3 is 0 Å². The minimum absolute atomic E-state index is 0.249. The van der Waals surface area contributed by atoms with Gasteiger partial charge in [-0.05, 0) is 37.0 Å². The van der Waals surface area contributed by atoms with Crippen molar-refractivity contribution in [3.8, 4) is 0 Å². The molecule has 1 saturated heterocycles. The van der Waals surface area contributed by atoms with Crippen LogP contribution in [-0.4, -0.2) is 46.5 Å². The number of aromatic nitrogens is 2. The molecule has 0 spiro atoms. The van der Waals surface area contributed by atoms with Gasteiger partial charge in [0.05, 0.1) is 29.8 Å². The molecule has 2 aliphatic rings. The van der Waals surface area contributed by atoms with Crippen LogP contribution >= 0.6 is 0 Å². The molecule has 156 valence electrons. The molecule has 0 radical (unpaired) electrons. The third kappa shape index (κ3) is 3.52. The van der Waals surface area contributed by atoms with Crippen LogP contribution in [0.5, 0.6) is 0 Å². The van der Waals surface area contributed by atoms with Gasteiger partial charge in [0, 0.05) is 37.6 Å². The van der Waals surface area contributed by atoms with E-state index in [0.29, 0.717) is 19.8 Å². The minimum atomic E-state index is -0.365. The summed E-state index contributed by atoms with van der Waals surface area (Å²) in [6, 6.07) is 14.6. The summed E-state index contributed by atoms with van der Waals surface area (Å²) in [6.45, 7) is 2.69. The third-order valence-electron chi connectivity index (χ3n) is 6.83. The van der Waals surface area contributed by atoms with Gasteiger partial charge in [0.1, 0.15) is 0 Å². The van der Waals surface area contributed by atoms with Crippen molar-refractivity contribution in [2.45, 2.75) is 37.5 Å². The summed E-state index contributed by atoms with van der Waals surface area (Å²) in [5.74, 6) is 0.537. The first-order valence-electron chi connectivity index (χ1n) is 11.1. The van der Waals surface area contributed by atoms with E-state index in [1.807, 2.05) is 30.7 Å². The van der Waals surface area contributed by atoms with Crippen LogP contribution in [0, 0.1) is 5.92 Å². The van der Waals surface area contributed by atoms with Crippen LogP contribution in [0.25, 0.3) is 5.52 Å². The zero-order valence-corrected chi connectivity index (χ0v) is 17.4. The number of rotatable bonds is 4. The zero-order chi connectivity index (χ0) is 20.4. The molecule has 5 rings (SSSR count). The highest BCUT2D eigenvalue weighted by Crippen LogP contribution is 2.42. The van der Waals surface area contributed by atoms with Gasteiger partial charge in [-0.2, -0.15) is 0 Å². The Kier molecular flexibility index (Phi) is 5.30. The van der Waals surface area contributed by atoms with Crippen molar-refractivity contribution in [1.29, 1.82) is 0 Å². The van der Waals surface area contributed by atoms with Crippen molar-refractivity contribution in [1.82, 2.24) is 14.3 Å². The number of hydrogen-bond acceptors (Lipinski definition) is 3. The Hall–Kier alpha value is -2.66. The maximum atomic E-state index is 13.9. The van der Waals surface area contributed by atoms with Gasteiger partial charge in [0.25, 0.3) is 0 Å². The Morgan fingerprint density at radius 3 is 2.77 bits per heavy atom. The van der Waals surface area contributed by atoms with E-state index in [9.17, 15) is 4.79 Å². The summed E-state index contributed by atoms with van der Waals surface area (Å²) < 4.78 is 8.03. The summed E-state index contributed by atoms with van der Waals surface area (Å²) in [7, 11) is 0. The van der Waals surface area contributed by atoms with Crippen LogP contribution in [0.3, 0.4) is 0 Å². The molecule has 1 aromatic carbocycles. The molecule has 1 saturated carbocycles. The molecule has 5 heteroatoms. The average molecular weight is 404 g/mol. The summed E-state index contributed by atoms with van der Waals surface area (Å²) in [5, 5.41) is 0. The highest BCUT2D eigenvalue weighted by Gasteiger charge is 2.45. The van der Waals surface area contributed by atoms with Gasteiger partial charge < -0.3 is 14.0 Å². The first kappa shape index (κ1) is 19.3. The van der Waals surface area contributed by atoms with Gasteiger partial charge in [-0.25, -0.2) is 0 Å². The molecule has 1 amide bonds. The van der Waals surface area contributed by atoms with E-state index in [1.165, 1.54) is 5.56 Å². The Balaban J connectivity index is 1.39. The zero-order valence-electron chi connectivity index (χ0n) is 17.4. The monoisotopic (exact) mass is 403 g/mol. The minimum Gasteiger partial charge on any atom is -0.379 e. The van der Waals surface area contributed by atoms with Crippen molar-refractivity contribution >= 4 is 11.4 Å². The molecular weight excluding hydrogens is 374 g/mol. The van der Waals surface area contributed by atoms with Crippen LogP contribution < -0.4 is 0 Å². The predicted octanol–water partition coefficient (Wildman–Crippen LogP) is 3.86. The predicted molar refractivity (Wildman–Crippen MR) is 116 cm³/mol. The molecule has 1 aliphatic carbocycles. The molecule has 3 heterocycles. The van der Waals surface area contributed by atoms with Gasteiger partial charge in [-0.1, -0.05) is 43.2 Å². The molecular formula is C25H29N3O2. The van der Waals surface area contributed by atoms with Crippen molar-refractivity contribution in [2.24, 2.45) is 5.92 Å². The fourth-order valence-corrected chi connectivity index (χ4v) is 5.31.